The molecule has 4 aromatic rings. The van der Waals surface area contributed by atoms with Crippen LogP contribution in [0.3, 0.4) is 0 Å². The Morgan fingerprint density at radius 2 is 0.969 bits per heavy atom. The van der Waals surface area contributed by atoms with Crippen molar-refractivity contribution in [2.45, 2.75) is 13.2 Å². The highest BCUT2D eigenvalue weighted by Gasteiger charge is 2.12. The molecular weight excluding hydrogens is 400 g/mol. The van der Waals surface area contributed by atoms with E-state index in [0.717, 1.165) is 33.4 Å². The van der Waals surface area contributed by atoms with Crippen LogP contribution in [0.5, 0.6) is 11.5 Å². The van der Waals surface area contributed by atoms with Gasteiger partial charge >= 0.3 is 0 Å². The molecule has 162 valence electrons. The lowest BCUT2D eigenvalue weighted by atomic mass is 10.0. The summed E-state index contributed by atoms with van der Waals surface area (Å²) in [6, 6.07) is 24.8. The van der Waals surface area contributed by atoms with E-state index in [4.69, 9.17) is 18.9 Å². The first kappa shape index (κ1) is 20.6. The second kappa shape index (κ2) is 9.86. The topological polar surface area (TPSA) is 36.9 Å². The van der Waals surface area contributed by atoms with Gasteiger partial charge in [0.15, 0.2) is 0 Å². The van der Waals surface area contributed by atoms with Crippen molar-refractivity contribution in [1.82, 2.24) is 0 Å². The van der Waals surface area contributed by atoms with Crippen LogP contribution in [-0.4, -0.2) is 26.4 Å². The third-order valence-corrected chi connectivity index (χ3v) is 5.68. The Morgan fingerprint density at radius 3 is 1.47 bits per heavy atom. The zero-order chi connectivity index (χ0) is 21.6. The summed E-state index contributed by atoms with van der Waals surface area (Å²) >= 11 is 0. The molecule has 1 aliphatic rings. The molecule has 4 aromatic carbocycles. The highest BCUT2D eigenvalue weighted by atomic mass is 16.5. The molecule has 0 bridgehead atoms. The van der Waals surface area contributed by atoms with E-state index in [1.54, 1.807) is 0 Å². The summed E-state index contributed by atoms with van der Waals surface area (Å²) in [4.78, 5) is 0. The number of rotatable bonds is 0. The van der Waals surface area contributed by atoms with Crippen molar-refractivity contribution in [3.63, 3.8) is 0 Å². The number of benzene rings is 4. The average molecular weight is 427 g/mol. The van der Waals surface area contributed by atoms with Crippen molar-refractivity contribution in [1.29, 1.82) is 0 Å². The fourth-order valence-corrected chi connectivity index (χ4v) is 4.10. The van der Waals surface area contributed by atoms with E-state index >= 15 is 0 Å². The molecule has 5 rings (SSSR count). The van der Waals surface area contributed by atoms with Crippen molar-refractivity contribution in [2.24, 2.45) is 0 Å². The highest BCUT2D eigenvalue weighted by Crippen LogP contribution is 2.30. The second-order valence-electron chi connectivity index (χ2n) is 7.73. The Labute approximate surface area is 188 Å². The SMILES string of the molecule is C1=C/COCc2c(ccc3ccccc23)OCCOc2ccc3ccccc3c2COC/1. The van der Waals surface area contributed by atoms with Crippen LogP contribution in [0.4, 0.5) is 0 Å². The minimum atomic E-state index is 0.443. The smallest absolute Gasteiger partial charge is 0.125 e. The maximum atomic E-state index is 6.14. The van der Waals surface area contributed by atoms with Gasteiger partial charge in [-0.2, -0.15) is 0 Å². The molecule has 0 saturated heterocycles. The van der Waals surface area contributed by atoms with Crippen molar-refractivity contribution < 1.29 is 18.9 Å². The molecular formula is C28H26O4. The van der Waals surface area contributed by atoms with Gasteiger partial charge in [0.1, 0.15) is 24.7 Å². The predicted molar refractivity (Wildman–Crippen MR) is 127 cm³/mol. The maximum absolute atomic E-state index is 6.14. The molecule has 0 N–H and O–H groups in total. The van der Waals surface area contributed by atoms with E-state index in [9.17, 15) is 0 Å². The van der Waals surface area contributed by atoms with Crippen LogP contribution < -0.4 is 9.47 Å². The third kappa shape index (κ3) is 4.47. The fraction of sp³-hybridized carbons (Fsp3) is 0.214. The summed E-state index contributed by atoms with van der Waals surface area (Å²) in [6.45, 7) is 2.90. The Morgan fingerprint density at radius 1 is 0.500 bits per heavy atom. The standard InChI is InChI=1S/C28H26O4/c1-3-9-23-21(7-1)11-13-27-25(23)19-29-15-5-6-16-30-20-26-24-10-4-2-8-22(24)12-14-28(26)32-18-17-31-27/h1-14H,15-20H2/b6-5+. The molecule has 4 nitrogen and oxygen atoms in total. The Bertz CT molecular complexity index is 1150. The van der Waals surface area contributed by atoms with Crippen LogP contribution in [0.25, 0.3) is 21.5 Å². The van der Waals surface area contributed by atoms with Gasteiger partial charge in [-0.3, -0.25) is 0 Å². The summed E-state index contributed by atoms with van der Waals surface area (Å²) in [5, 5.41) is 4.65. The molecule has 0 aliphatic carbocycles. The summed E-state index contributed by atoms with van der Waals surface area (Å²) in [7, 11) is 0. The van der Waals surface area contributed by atoms with Gasteiger partial charge in [-0.25, -0.2) is 0 Å². The molecule has 1 aliphatic heterocycles. The molecule has 0 fully saturated rings. The van der Waals surface area contributed by atoms with E-state index in [-0.39, 0.29) is 0 Å². The number of hydrogen-bond acceptors (Lipinski definition) is 4. The van der Waals surface area contributed by atoms with Gasteiger partial charge in [0.05, 0.1) is 26.4 Å². The molecule has 0 unspecified atom stereocenters. The van der Waals surface area contributed by atoms with Gasteiger partial charge in [-0.15, -0.1) is 0 Å². The van der Waals surface area contributed by atoms with E-state index in [1.165, 1.54) is 10.8 Å². The zero-order valence-electron chi connectivity index (χ0n) is 18.0. The normalized spacial score (nSPS) is 16.5. The fourth-order valence-electron chi connectivity index (χ4n) is 4.10. The van der Waals surface area contributed by atoms with Crippen LogP contribution in [-0.2, 0) is 22.7 Å². The predicted octanol–water partition coefficient (Wildman–Crippen LogP) is 6.05. The molecule has 0 aromatic heterocycles. The molecule has 32 heavy (non-hydrogen) atoms. The maximum Gasteiger partial charge on any atom is 0.125 e. The first-order valence-electron chi connectivity index (χ1n) is 11.0. The second-order valence-corrected chi connectivity index (χ2v) is 7.73. The third-order valence-electron chi connectivity index (χ3n) is 5.68. The summed E-state index contributed by atoms with van der Waals surface area (Å²) in [5.74, 6) is 1.68. The molecule has 0 atom stereocenters. The minimum absolute atomic E-state index is 0.443. The summed E-state index contributed by atoms with van der Waals surface area (Å²) in [5.41, 5.74) is 2.12. The molecule has 0 amide bonds. The van der Waals surface area contributed by atoms with Gasteiger partial charge in [0.25, 0.3) is 0 Å². The largest absolute Gasteiger partial charge is 0.490 e. The van der Waals surface area contributed by atoms with E-state index in [0.29, 0.717) is 39.6 Å². The lowest BCUT2D eigenvalue weighted by molar-refractivity contribution is 0.134. The van der Waals surface area contributed by atoms with Gasteiger partial charge in [0.2, 0.25) is 0 Å². The van der Waals surface area contributed by atoms with Crippen molar-refractivity contribution in [2.75, 3.05) is 26.4 Å². The van der Waals surface area contributed by atoms with Crippen LogP contribution in [0.15, 0.2) is 84.9 Å². The highest BCUT2D eigenvalue weighted by molar-refractivity contribution is 5.88. The lowest BCUT2D eigenvalue weighted by Crippen LogP contribution is -2.12. The van der Waals surface area contributed by atoms with Crippen LogP contribution in [0.2, 0.25) is 0 Å². The lowest BCUT2D eigenvalue weighted by Gasteiger charge is -2.17. The Kier molecular flexibility index (Phi) is 6.33. The zero-order valence-corrected chi connectivity index (χ0v) is 18.0. The quantitative estimate of drug-likeness (QED) is 0.321. The van der Waals surface area contributed by atoms with Crippen LogP contribution in [0, 0.1) is 0 Å². The molecule has 0 saturated carbocycles. The minimum Gasteiger partial charge on any atom is -0.490 e. The molecule has 0 radical (unpaired) electrons. The molecule has 4 heteroatoms. The van der Waals surface area contributed by atoms with Gasteiger partial charge in [-0.05, 0) is 33.7 Å². The van der Waals surface area contributed by atoms with Crippen LogP contribution in [0.1, 0.15) is 11.1 Å². The Balaban J connectivity index is 1.43. The summed E-state index contributed by atoms with van der Waals surface area (Å²) in [6.07, 6.45) is 4.00. The van der Waals surface area contributed by atoms with Gasteiger partial charge in [-0.1, -0.05) is 72.8 Å². The van der Waals surface area contributed by atoms with Crippen molar-refractivity contribution >= 4 is 21.5 Å². The molecule has 0 spiro atoms. The van der Waals surface area contributed by atoms with Crippen molar-refractivity contribution in [3.05, 3.63) is 96.1 Å². The van der Waals surface area contributed by atoms with Crippen LogP contribution >= 0.6 is 0 Å². The average Bonchev–Trinajstić information content (AvgIpc) is 2.83. The summed E-state index contributed by atoms with van der Waals surface area (Å²) < 4.78 is 24.1. The number of hydrogen-bond donors (Lipinski definition) is 0. The monoisotopic (exact) mass is 426 g/mol. The first-order valence-corrected chi connectivity index (χ1v) is 11.0. The Hall–Kier alpha value is -3.34. The number of ether oxygens (including phenoxy) is 4. The first-order chi connectivity index (χ1) is 15.9. The number of fused-ring (bicyclic) bond motifs is 6. The van der Waals surface area contributed by atoms with E-state index in [1.807, 2.05) is 48.6 Å². The van der Waals surface area contributed by atoms with E-state index < -0.39 is 0 Å². The van der Waals surface area contributed by atoms with Crippen molar-refractivity contribution in [3.8, 4) is 11.5 Å². The van der Waals surface area contributed by atoms with Gasteiger partial charge < -0.3 is 18.9 Å². The van der Waals surface area contributed by atoms with Gasteiger partial charge in [0, 0.05) is 11.1 Å². The molecule has 1 heterocycles. The van der Waals surface area contributed by atoms with E-state index in [2.05, 4.69) is 36.4 Å².